The van der Waals surface area contributed by atoms with E-state index in [0.29, 0.717) is 11.8 Å². The van der Waals surface area contributed by atoms with Crippen LogP contribution in [0.2, 0.25) is 0 Å². The van der Waals surface area contributed by atoms with Crippen molar-refractivity contribution in [2.45, 2.75) is 56.9 Å². The van der Waals surface area contributed by atoms with Gasteiger partial charge in [-0.2, -0.15) is 9.61 Å². The van der Waals surface area contributed by atoms with Crippen LogP contribution in [0.3, 0.4) is 0 Å². The molecule has 0 saturated heterocycles. The van der Waals surface area contributed by atoms with Gasteiger partial charge in [0, 0.05) is 5.92 Å². The summed E-state index contributed by atoms with van der Waals surface area (Å²) < 4.78 is 1.96. The maximum Gasteiger partial charge on any atom is 0.234 e. The van der Waals surface area contributed by atoms with Crippen LogP contribution in [-0.2, 0) is 0 Å². The molecular formula is C13H19N5S. The van der Waals surface area contributed by atoms with Gasteiger partial charge in [0.1, 0.15) is 5.01 Å². The van der Waals surface area contributed by atoms with Crippen LogP contribution in [0.1, 0.15) is 67.7 Å². The Morgan fingerprint density at radius 2 is 1.89 bits per heavy atom. The van der Waals surface area contributed by atoms with Gasteiger partial charge >= 0.3 is 0 Å². The molecule has 0 aromatic carbocycles. The second-order valence-corrected chi connectivity index (χ2v) is 6.88. The van der Waals surface area contributed by atoms with Gasteiger partial charge in [0.2, 0.25) is 4.96 Å². The van der Waals surface area contributed by atoms with Crippen molar-refractivity contribution in [2.24, 2.45) is 11.7 Å². The van der Waals surface area contributed by atoms with Crippen molar-refractivity contribution in [2.75, 3.05) is 0 Å². The van der Waals surface area contributed by atoms with E-state index in [0.717, 1.165) is 15.8 Å². The van der Waals surface area contributed by atoms with Crippen molar-refractivity contribution in [1.82, 2.24) is 19.8 Å². The van der Waals surface area contributed by atoms with Crippen LogP contribution in [0.25, 0.3) is 4.96 Å². The average molecular weight is 277 g/mol. The van der Waals surface area contributed by atoms with Crippen LogP contribution in [-0.4, -0.2) is 19.8 Å². The van der Waals surface area contributed by atoms with Gasteiger partial charge in [-0.1, -0.05) is 30.6 Å². The van der Waals surface area contributed by atoms with Crippen molar-refractivity contribution in [3.8, 4) is 0 Å². The molecule has 0 amide bonds. The van der Waals surface area contributed by atoms with Gasteiger partial charge in [0.15, 0.2) is 5.82 Å². The van der Waals surface area contributed by atoms with Gasteiger partial charge in [-0.3, -0.25) is 0 Å². The van der Waals surface area contributed by atoms with E-state index in [9.17, 15) is 0 Å². The summed E-state index contributed by atoms with van der Waals surface area (Å²) in [6.07, 6.45) is 8.90. The molecule has 5 nitrogen and oxygen atoms in total. The second kappa shape index (κ2) is 4.52. The molecule has 2 heterocycles. The highest BCUT2D eigenvalue weighted by Crippen LogP contribution is 2.41. The maximum absolute atomic E-state index is 6.24. The lowest BCUT2D eigenvalue weighted by Crippen LogP contribution is -2.13. The van der Waals surface area contributed by atoms with E-state index >= 15 is 0 Å². The van der Waals surface area contributed by atoms with E-state index in [1.54, 1.807) is 11.3 Å². The number of hydrogen-bond donors (Lipinski definition) is 1. The third-order valence-corrected chi connectivity index (χ3v) is 5.42. The van der Waals surface area contributed by atoms with Crippen molar-refractivity contribution < 1.29 is 0 Å². The molecule has 4 rings (SSSR count). The minimum Gasteiger partial charge on any atom is -0.322 e. The summed E-state index contributed by atoms with van der Waals surface area (Å²) in [6.45, 7) is 0. The molecule has 2 fully saturated rings. The van der Waals surface area contributed by atoms with Crippen molar-refractivity contribution >= 4 is 16.3 Å². The molecule has 1 atom stereocenters. The number of aromatic nitrogens is 4. The molecule has 2 saturated carbocycles. The lowest BCUT2D eigenvalue weighted by molar-refractivity contribution is 0.422. The number of rotatable bonds is 3. The Hall–Kier alpha value is -1.01. The third-order valence-electron chi connectivity index (χ3n) is 4.42. The van der Waals surface area contributed by atoms with E-state index < -0.39 is 0 Å². The highest BCUT2D eigenvalue weighted by atomic mass is 32.1. The van der Waals surface area contributed by atoms with Crippen molar-refractivity contribution in [3.63, 3.8) is 0 Å². The van der Waals surface area contributed by atoms with E-state index in [-0.39, 0.29) is 6.04 Å². The maximum atomic E-state index is 6.24. The minimum atomic E-state index is 0.103. The highest BCUT2D eigenvalue weighted by molar-refractivity contribution is 7.16. The first-order valence-electron chi connectivity index (χ1n) is 7.30. The zero-order valence-corrected chi connectivity index (χ0v) is 11.8. The van der Waals surface area contributed by atoms with Crippen LogP contribution in [0.4, 0.5) is 0 Å². The molecule has 2 aliphatic carbocycles. The molecule has 2 aromatic rings. The third kappa shape index (κ3) is 2.07. The Kier molecular flexibility index (Phi) is 2.81. The van der Waals surface area contributed by atoms with Crippen LogP contribution in [0, 0.1) is 5.92 Å². The van der Waals surface area contributed by atoms with Gasteiger partial charge in [-0.25, -0.2) is 0 Å². The number of nitrogens with two attached hydrogens (primary N) is 1. The van der Waals surface area contributed by atoms with Gasteiger partial charge in [0.25, 0.3) is 0 Å². The lowest BCUT2D eigenvalue weighted by atomic mass is 9.89. The fraction of sp³-hybridized carbons (Fsp3) is 0.769. The first kappa shape index (κ1) is 11.8. The van der Waals surface area contributed by atoms with Gasteiger partial charge < -0.3 is 5.73 Å². The van der Waals surface area contributed by atoms with Gasteiger partial charge in [-0.05, 0) is 31.6 Å². The standard InChI is InChI=1S/C13H19N5S/c14-10(8-6-7-8)12-17-18-11(15-16-13(18)19-12)9-4-2-1-3-5-9/h8-10H,1-7,14H2. The molecule has 2 aliphatic rings. The van der Waals surface area contributed by atoms with Gasteiger partial charge in [0.05, 0.1) is 6.04 Å². The number of fused-ring (bicyclic) bond motifs is 1. The van der Waals surface area contributed by atoms with E-state index in [1.165, 1.54) is 44.9 Å². The van der Waals surface area contributed by atoms with Crippen LogP contribution in [0.5, 0.6) is 0 Å². The Balaban J connectivity index is 1.67. The molecule has 1 unspecified atom stereocenters. The average Bonchev–Trinajstić information content (AvgIpc) is 3.09. The quantitative estimate of drug-likeness (QED) is 0.936. The predicted octanol–water partition coefficient (Wildman–Crippen LogP) is 2.64. The number of hydrogen-bond acceptors (Lipinski definition) is 5. The Morgan fingerprint density at radius 1 is 1.11 bits per heavy atom. The number of nitrogens with zero attached hydrogens (tertiary/aromatic N) is 4. The Labute approximate surface area is 116 Å². The van der Waals surface area contributed by atoms with Crippen LogP contribution in [0.15, 0.2) is 0 Å². The molecule has 6 heteroatoms. The zero-order valence-electron chi connectivity index (χ0n) is 11.0. The summed E-state index contributed by atoms with van der Waals surface area (Å²) in [4.78, 5) is 0.909. The Bertz CT molecular complexity index is 579. The molecule has 0 spiro atoms. The van der Waals surface area contributed by atoms with Crippen molar-refractivity contribution in [1.29, 1.82) is 0 Å². The van der Waals surface area contributed by atoms with Crippen molar-refractivity contribution in [3.05, 3.63) is 10.8 Å². The fourth-order valence-corrected chi connectivity index (χ4v) is 3.99. The molecule has 2 N–H and O–H groups in total. The first-order valence-corrected chi connectivity index (χ1v) is 8.12. The summed E-state index contributed by atoms with van der Waals surface area (Å²) >= 11 is 1.61. The van der Waals surface area contributed by atoms with Gasteiger partial charge in [-0.15, -0.1) is 10.2 Å². The summed E-state index contributed by atoms with van der Waals surface area (Å²) in [7, 11) is 0. The molecule has 0 bridgehead atoms. The summed E-state index contributed by atoms with van der Waals surface area (Å²) in [6, 6.07) is 0.103. The zero-order chi connectivity index (χ0) is 12.8. The molecule has 0 aliphatic heterocycles. The largest absolute Gasteiger partial charge is 0.322 e. The molecular weight excluding hydrogens is 258 g/mol. The van der Waals surface area contributed by atoms with E-state index in [2.05, 4.69) is 10.2 Å². The minimum absolute atomic E-state index is 0.103. The molecule has 102 valence electrons. The van der Waals surface area contributed by atoms with Crippen LogP contribution >= 0.6 is 11.3 Å². The Morgan fingerprint density at radius 3 is 2.63 bits per heavy atom. The first-order chi connectivity index (χ1) is 9.33. The lowest BCUT2D eigenvalue weighted by Gasteiger charge is -2.18. The summed E-state index contributed by atoms with van der Waals surface area (Å²) in [5.41, 5.74) is 6.24. The van der Waals surface area contributed by atoms with E-state index in [4.69, 9.17) is 10.8 Å². The SMILES string of the molecule is NC(c1nn2c(C3CCCCC3)nnc2s1)C1CC1. The molecule has 0 radical (unpaired) electrons. The highest BCUT2D eigenvalue weighted by Gasteiger charge is 2.32. The van der Waals surface area contributed by atoms with Crippen LogP contribution < -0.4 is 5.73 Å². The fourth-order valence-electron chi connectivity index (χ4n) is 3.05. The normalized spacial score (nSPS) is 23.0. The second-order valence-electron chi connectivity index (χ2n) is 5.89. The smallest absolute Gasteiger partial charge is 0.234 e. The molecule has 19 heavy (non-hydrogen) atoms. The van der Waals surface area contributed by atoms with E-state index in [1.807, 2.05) is 4.52 Å². The predicted molar refractivity (Wildman–Crippen MR) is 74.1 cm³/mol. The summed E-state index contributed by atoms with van der Waals surface area (Å²) in [5, 5.41) is 14.4. The topological polar surface area (TPSA) is 69.1 Å². The summed E-state index contributed by atoms with van der Waals surface area (Å²) in [5.74, 6) is 2.23. The monoisotopic (exact) mass is 277 g/mol. The molecule has 2 aromatic heterocycles.